The summed E-state index contributed by atoms with van der Waals surface area (Å²) in [6, 6.07) is 10.9. The summed E-state index contributed by atoms with van der Waals surface area (Å²) in [7, 11) is -6.95. The van der Waals surface area contributed by atoms with E-state index in [2.05, 4.69) is 54.8 Å². The molecule has 0 aliphatic carbocycles. The number of alkyl halides is 3. The smallest absolute Gasteiger partial charge is 0.481 e. The van der Waals surface area contributed by atoms with Crippen molar-refractivity contribution >= 4 is 133 Å². The number of carboxylic acids is 3. The molecule has 0 spiro atoms. The van der Waals surface area contributed by atoms with Gasteiger partial charge in [0.25, 0.3) is 11.8 Å². The Morgan fingerprint density at radius 1 is 0.575 bits per heavy atom. The largest absolute Gasteiger partial charge is 0.490 e. The highest BCUT2D eigenvalue weighted by molar-refractivity contribution is 7.99. The van der Waals surface area contributed by atoms with Gasteiger partial charge in [-0.2, -0.15) is 45.0 Å². The Bertz CT molecular complexity index is 3620. The molecule has 0 saturated heterocycles. The molecule has 0 aromatic heterocycles. The van der Waals surface area contributed by atoms with Crippen molar-refractivity contribution in [2.45, 2.75) is 161 Å². The number of carbonyl (C=O) groups is 11. The molecule has 2 rings (SSSR count). The number of halogens is 3. The number of hydrogen-bond donors (Lipinski definition) is 9. The van der Waals surface area contributed by atoms with Gasteiger partial charge in [0, 0.05) is 134 Å². The number of benzene rings is 2. The number of ether oxygens (including phenoxy) is 2. The maximum absolute atomic E-state index is 13.7. The van der Waals surface area contributed by atoms with Crippen LogP contribution in [0.25, 0.3) is 20.9 Å². The van der Waals surface area contributed by atoms with Gasteiger partial charge in [0.15, 0.2) is 31.2 Å². The van der Waals surface area contributed by atoms with Crippen LogP contribution in [-0.2, 0) is 81.9 Å². The number of thiol groups is 1. The van der Waals surface area contributed by atoms with Gasteiger partial charge in [-0.25, -0.2) is 31.2 Å². The number of Topliss-reactive ketones (excluding diaryl/α,β-unsaturated/α-hetero) is 2. The third-order valence-corrected chi connectivity index (χ3v) is 18.1. The molecule has 46 heteroatoms. The summed E-state index contributed by atoms with van der Waals surface area (Å²) in [5.41, 5.74) is 25.7. The number of hydrogen-bond acceptors (Lipinski definition) is 26. The number of thioether (sulfide) groups is 1. The first-order valence-electron chi connectivity index (χ1n) is 35.1. The van der Waals surface area contributed by atoms with Crippen LogP contribution in [0.4, 0.5) is 34.1 Å². The minimum atomic E-state index is -5.08. The minimum Gasteiger partial charge on any atom is -0.481 e. The average molecular weight is 1690 g/mol. The Morgan fingerprint density at radius 2 is 0.920 bits per heavy atom. The first-order chi connectivity index (χ1) is 53.2. The first-order valence-corrected chi connectivity index (χ1v) is 41.0. The molecule has 636 valence electrons. The fraction of sp³-hybridized carbons (Fsp3) is 0.627. The number of nitrogens with one attached hydrogen (secondary N) is 2. The van der Waals surface area contributed by atoms with Crippen molar-refractivity contribution in [1.82, 2.24) is 20.4 Å². The molecule has 0 aliphatic heterocycles. The van der Waals surface area contributed by atoms with Crippen molar-refractivity contribution < 1.29 is 143 Å². The predicted molar refractivity (Wildman–Crippen MR) is 406 cm³/mol. The van der Waals surface area contributed by atoms with E-state index in [1.807, 2.05) is 27.7 Å². The standard InChI is InChI=1S/C31H49N7O9S2.C22H35N5O6S.C10H18N2O4S.C2HF3O2.2CO2/c1-4-37(5-2)30(43)23-12-14-24(15-13-23)38(31(44)47-25(21-49(3,45)46)10-7-6-8-19-34-36-33)22-48-20-26(27(39)16-17-29(41)42)35-28(40)11-9-18-32;1-4-26(5-2)21(29)18-10-12-19(13-11-18)27(15-16-28)22(30)33-20(17-34(3,31)32)9-7-6-8-14-24-25-23;11-5-1-2-9(14)12-7(6-17)8(13)3-4-10(15)16;3-2(4,5)1(6)7;2*2-1-3/h12-15,25-26H,4-11,16-22,32H2,1-3H3,(H,35,40)(H,41,42);10-13,20,28H,4-9,14-17H2,1-3H3;7,17H,1-6,11H2,(H,12,14)(H,15,16);(H,6,7);;/p+2. The number of ketones is 2. The van der Waals surface area contributed by atoms with Gasteiger partial charge in [0.1, 0.15) is 12.2 Å². The van der Waals surface area contributed by atoms with E-state index in [9.17, 15) is 83.1 Å². The third kappa shape index (κ3) is 56.2. The predicted octanol–water partition coefficient (Wildman–Crippen LogP) is 4.74. The van der Waals surface area contributed by atoms with Crippen LogP contribution in [0, 0.1) is 0 Å². The zero-order chi connectivity index (χ0) is 87.1. The van der Waals surface area contributed by atoms with Gasteiger partial charge < -0.3 is 61.8 Å². The Kier molecular flexibility index (Phi) is 62.8. The summed E-state index contributed by atoms with van der Waals surface area (Å²) in [5, 5.41) is 46.2. The van der Waals surface area contributed by atoms with E-state index in [1.54, 1.807) is 58.3 Å². The zero-order valence-electron chi connectivity index (χ0n) is 63.9. The molecule has 4 atom stereocenters. The second-order valence-electron chi connectivity index (χ2n) is 23.7. The van der Waals surface area contributed by atoms with Crippen LogP contribution in [0.3, 0.4) is 0 Å². The normalized spacial score (nSPS) is 11.5. The van der Waals surface area contributed by atoms with Gasteiger partial charge in [0.05, 0.1) is 68.5 Å². The summed E-state index contributed by atoms with van der Waals surface area (Å²) >= 11 is 5.08. The summed E-state index contributed by atoms with van der Waals surface area (Å²) in [4.78, 5) is 174. The number of azide groups is 2. The van der Waals surface area contributed by atoms with E-state index in [0.717, 1.165) is 24.3 Å². The minimum absolute atomic E-state index is 0.00875. The third-order valence-electron chi connectivity index (χ3n) is 14.8. The number of amides is 6. The SMILES string of the molecule is CCN(CC)C(=O)c1ccc(N(CCO)C(=O)OC(CCCCCN=[N+]=[N-])CS(C)(=O)=O)cc1.CCN(CC)C(=O)c1ccc(N(CSCC(NC(=O)CCC[NH3+])C(=O)CCC(=O)O)C(=O)OC(CCCCCN=[N+]=[N-])CS(C)(=O)=O)cc1.O=C(O)C(F)(F)F.O=C=O.O=C=O.[NH3+]CCCC(=O)NC(CS)C(=O)CCC(=O)O. The van der Waals surface area contributed by atoms with Crippen molar-refractivity contribution in [3.05, 3.63) is 80.5 Å². The molecule has 0 bridgehead atoms. The van der Waals surface area contributed by atoms with Gasteiger partial charge in [-0.3, -0.25) is 48.2 Å². The number of aliphatic hydroxyl groups is 1. The molecular formula is C67H105F3N14O25S4+2. The monoisotopic (exact) mass is 1690 g/mol. The number of rotatable bonds is 49. The van der Waals surface area contributed by atoms with Crippen molar-refractivity contribution in [2.24, 2.45) is 10.2 Å². The summed E-state index contributed by atoms with van der Waals surface area (Å²) in [6.07, 6.45) is -1.08. The Hall–Kier alpha value is -9.74. The van der Waals surface area contributed by atoms with E-state index in [1.165, 1.54) is 9.80 Å². The van der Waals surface area contributed by atoms with Crippen LogP contribution >= 0.6 is 24.4 Å². The second-order valence-corrected chi connectivity index (χ2v) is 29.4. The van der Waals surface area contributed by atoms with E-state index >= 15 is 0 Å². The number of aliphatic carboxylic acids is 3. The first kappa shape index (κ1) is 110. The second kappa shape index (κ2) is 64.7. The van der Waals surface area contributed by atoms with Gasteiger partial charge in [-0.1, -0.05) is 23.1 Å². The fourth-order valence-electron chi connectivity index (χ4n) is 9.22. The quantitative estimate of drug-likeness (QED) is 0.0108. The molecule has 0 saturated carbocycles. The number of unbranched alkanes of at least 4 members (excludes halogenated alkanes) is 4. The molecule has 0 fully saturated rings. The lowest BCUT2D eigenvalue weighted by molar-refractivity contribution is -0.368. The Morgan fingerprint density at radius 3 is 1.23 bits per heavy atom. The van der Waals surface area contributed by atoms with Gasteiger partial charge in [-0.05, 0) is 126 Å². The molecule has 0 aliphatic rings. The lowest BCUT2D eigenvalue weighted by atomic mass is 10.1. The van der Waals surface area contributed by atoms with E-state index < -0.39 is 98.2 Å². The van der Waals surface area contributed by atoms with E-state index in [4.69, 9.17) is 59.8 Å². The molecule has 2 aromatic carbocycles. The van der Waals surface area contributed by atoms with Crippen LogP contribution < -0.4 is 31.9 Å². The molecule has 0 radical (unpaired) electrons. The maximum Gasteiger partial charge on any atom is 0.490 e. The average Bonchev–Trinajstić information content (AvgIpc) is 0.838. The van der Waals surface area contributed by atoms with Gasteiger partial charge in [0.2, 0.25) is 11.8 Å². The van der Waals surface area contributed by atoms with E-state index in [0.29, 0.717) is 139 Å². The molecule has 39 nitrogen and oxygen atoms in total. The van der Waals surface area contributed by atoms with Crippen LogP contribution in [0.2, 0.25) is 0 Å². The highest BCUT2D eigenvalue weighted by Gasteiger charge is 2.38. The van der Waals surface area contributed by atoms with Crippen molar-refractivity contribution in [2.75, 3.05) is 117 Å². The van der Waals surface area contributed by atoms with Gasteiger partial charge >= 0.3 is 48.6 Å². The summed E-state index contributed by atoms with van der Waals surface area (Å²) < 4.78 is 91.0. The van der Waals surface area contributed by atoms with E-state index in [-0.39, 0.29) is 110 Å². The van der Waals surface area contributed by atoms with Crippen molar-refractivity contribution in [3.63, 3.8) is 0 Å². The Labute approximate surface area is 662 Å². The van der Waals surface area contributed by atoms with Crippen LogP contribution in [0.15, 0.2) is 58.8 Å². The highest BCUT2D eigenvalue weighted by Crippen LogP contribution is 2.25. The number of aliphatic hydroxyl groups excluding tert-OH is 1. The number of carboxylic acid groups (broad SMARTS) is 3. The van der Waals surface area contributed by atoms with Crippen LogP contribution in [0.5, 0.6) is 0 Å². The molecule has 6 amide bonds. The number of anilines is 2. The molecule has 0 heterocycles. The van der Waals surface area contributed by atoms with Gasteiger partial charge in [-0.15, -0.1) is 11.8 Å². The number of quaternary nitrogens is 2. The maximum atomic E-state index is 13.7. The zero-order valence-corrected chi connectivity index (χ0v) is 67.2. The van der Waals surface area contributed by atoms with Crippen molar-refractivity contribution in [3.8, 4) is 0 Å². The summed E-state index contributed by atoms with van der Waals surface area (Å²) in [5.74, 6) is -7.26. The molecular weight excluding hydrogens is 1590 g/mol. The van der Waals surface area contributed by atoms with Crippen LogP contribution in [0.1, 0.15) is 151 Å². The number of carbonyl (C=O) groups excluding carboxylic acids is 12. The number of nitrogens with zero attached hydrogens (tertiary/aromatic N) is 10. The fourth-order valence-corrected chi connectivity index (χ4v) is 12.4. The highest BCUT2D eigenvalue weighted by atomic mass is 32.2. The molecule has 2 aromatic rings. The number of sulfone groups is 2. The van der Waals surface area contributed by atoms with Crippen LogP contribution in [-0.4, -0.2) is 262 Å². The molecule has 4 unspecified atom stereocenters. The lowest BCUT2D eigenvalue weighted by Gasteiger charge is -2.26. The topological polar surface area (TPSA) is 614 Å². The molecule has 12 N–H and O–H groups in total. The molecule has 113 heavy (non-hydrogen) atoms. The lowest BCUT2D eigenvalue weighted by Crippen LogP contribution is -2.50. The summed E-state index contributed by atoms with van der Waals surface area (Å²) in [6.45, 7) is 11.1. The van der Waals surface area contributed by atoms with Crippen molar-refractivity contribution in [1.29, 1.82) is 0 Å². The Balaban J connectivity index is -0.000000793.